The Labute approximate surface area is 175 Å². The van der Waals surface area contributed by atoms with Crippen LogP contribution in [0.2, 0.25) is 0 Å². The van der Waals surface area contributed by atoms with Crippen LogP contribution >= 0.6 is 0 Å². The third kappa shape index (κ3) is 6.42. The number of nitrogens with one attached hydrogen (secondary N) is 2. The zero-order chi connectivity index (χ0) is 21.9. The Morgan fingerprint density at radius 2 is 1.77 bits per heavy atom. The predicted octanol–water partition coefficient (Wildman–Crippen LogP) is 3.08. The van der Waals surface area contributed by atoms with Gasteiger partial charge >= 0.3 is 6.43 Å². The van der Waals surface area contributed by atoms with Gasteiger partial charge in [-0.25, -0.2) is 31.9 Å². The third-order valence-corrected chi connectivity index (χ3v) is 4.42. The van der Waals surface area contributed by atoms with E-state index in [2.05, 4.69) is 30.2 Å². The van der Waals surface area contributed by atoms with E-state index in [4.69, 9.17) is 4.42 Å². The monoisotopic (exact) mass is 462 g/mol. The molecule has 0 radical (unpaired) electrons. The third-order valence-electron chi connectivity index (χ3n) is 3.73. The highest BCUT2D eigenvalue weighted by molar-refractivity contribution is 7.88. The topological polar surface area (TPSA) is 123 Å². The SMILES string of the molecule is C.CS(=O)(=O)NCC(Nc1ncc(-c2nnc(C(F)F)o2)cn1)c1ccc(F)c(F)c1. The summed E-state index contributed by atoms with van der Waals surface area (Å²) in [5.74, 6) is -3.24. The molecule has 0 aliphatic carbocycles. The van der Waals surface area contributed by atoms with E-state index in [0.717, 1.165) is 18.4 Å². The summed E-state index contributed by atoms with van der Waals surface area (Å²) in [5.41, 5.74) is 0.398. The van der Waals surface area contributed by atoms with Gasteiger partial charge in [-0.3, -0.25) is 0 Å². The average molecular weight is 462 g/mol. The molecule has 31 heavy (non-hydrogen) atoms. The van der Waals surface area contributed by atoms with Crippen molar-refractivity contribution in [3.63, 3.8) is 0 Å². The molecule has 9 nitrogen and oxygen atoms in total. The van der Waals surface area contributed by atoms with E-state index in [1.807, 2.05) is 0 Å². The summed E-state index contributed by atoms with van der Waals surface area (Å²) in [6, 6.07) is 2.24. The molecule has 1 aromatic carbocycles. The van der Waals surface area contributed by atoms with Crippen molar-refractivity contribution in [2.75, 3.05) is 18.1 Å². The van der Waals surface area contributed by atoms with E-state index >= 15 is 0 Å². The summed E-state index contributed by atoms with van der Waals surface area (Å²) in [6.45, 7) is -0.212. The fourth-order valence-electron chi connectivity index (χ4n) is 2.32. The van der Waals surface area contributed by atoms with Crippen LogP contribution in [0.5, 0.6) is 0 Å². The minimum Gasteiger partial charge on any atom is -0.415 e. The number of hydrogen-bond acceptors (Lipinski definition) is 8. The largest absolute Gasteiger partial charge is 0.415 e. The van der Waals surface area contributed by atoms with Crippen molar-refractivity contribution in [3.05, 3.63) is 53.7 Å². The summed E-state index contributed by atoms with van der Waals surface area (Å²) < 4.78 is 81.8. The van der Waals surface area contributed by atoms with Crippen molar-refractivity contribution in [1.82, 2.24) is 24.9 Å². The van der Waals surface area contributed by atoms with Crippen LogP contribution in [0.4, 0.5) is 23.5 Å². The fraction of sp³-hybridized carbons (Fsp3) is 0.294. The molecule has 2 N–H and O–H groups in total. The maximum atomic E-state index is 13.6. The van der Waals surface area contributed by atoms with Crippen molar-refractivity contribution in [3.8, 4) is 11.5 Å². The summed E-state index contributed by atoms with van der Waals surface area (Å²) in [7, 11) is -3.57. The molecular formula is C17H18F4N6O3S. The lowest BCUT2D eigenvalue weighted by Gasteiger charge is -2.19. The Kier molecular flexibility index (Phi) is 7.62. The highest BCUT2D eigenvalue weighted by atomic mass is 32.2. The number of rotatable bonds is 8. The van der Waals surface area contributed by atoms with Crippen molar-refractivity contribution >= 4 is 16.0 Å². The molecule has 0 fully saturated rings. The first-order chi connectivity index (χ1) is 14.1. The molecular weight excluding hydrogens is 444 g/mol. The quantitative estimate of drug-likeness (QED) is 0.490. The Hall–Kier alpha value is -3.13. The summed E-state index contributed by atoms with van der Waals surface area (Å²) in [5, 5.41) is 9.46. The van der Waals surface area contributed by atoms with Gasteiger partial charge in [0, 0.05) is 18.9 Å². The number of aromatic nitrogens is 4. The van der Waals surface area contributed by atoms with E-state index in [9.17, 15) is 26.0 Å². The molecule has 1 unspecified atom stereocenters. The summed E-state index contributed by atoms with van der Waals surface area (Å²) in [6.07, 6.45) is 0.445. The number of benzene rings is 1. The normalized spacial score (nSPS) is 12.5. The molecule has 3 rings (SSSR count). The molecule has 0 aliphatic rings. The highest BCUT2D eigenvalue weighted by Crippen LogP contribution is 2.24. The summed E-state index contributed by atoms with van der Waals surface area (Å²) in [4.78, 5) is 7.95. The lowest BCUT2D eigenvalue weighted by molar-refractivity contribution is 0.116. The van der Waals surface area contributed by atoms with Gasteiger partial charge in [-0.2, -0.15) is 8.78 Å². The number of sulfonamides is 1. The first-order valence-electron chi connectivity index (χ1n) is 8.22. The van der Waals surface area contributed by atoms with E-state index in [1.54, 1.807) is 0 Å². The smallest absolute Gasteiger partial charge is 0.314 e. The van der Waals surface area contributed by atoms with Gasteiger partial charge in [0.25, 0.3) is 11.8 Å². The first-order valence-corrected chi connectivity index (χ1v) is 10.1. The Morgan fingerprint density at radius 3 is 2.32 bits per heavy atom. The van der Waals surface area contributed by atoms with E-state index in [1.165, 1.54) is 18.5 Å². The van der Waals surface area contributed by atoms with Crippen LogP contribution in [0.1, 0.15) is 31.3 Å². The van der Waals surface area contributed by atoms with Crippen molar-refractivity contribution in [2.24, 2.45) is 0 Å². The molecule has 168 valence electrons. The van der Waals surface area contributed by atoms with Crippen LogP contribution in [0, 0.1) is 11.6 Å². The molecule has 0 bridgehead atoms. The second kappa shape index (κ2) is 9.78. The van der Waals surface area contributed by atoms with Crippen LogP contribution in [0.15, 0.2) is 35.0 Å². The maximum Gasteiger partial charge on any atom is 0.314 e. The molecule has 0 amide bonds. The standard InChI is InChI=1S/C16H14F4N6O3S.CH4/c1-30(27,28)23-7-12(8-2-3-10(17)11(18)4-8)24-16-21-5-9(6-22-16)14-25-26-15(29-14)13(19)20;/h2-6,12-13,23H,7H2,1H3,(H,21,22,24);1H4. The van der Waals surface area contributed by atoms with Gasteiger partial charge < -0.3 is 9.73 Å². The number of halogens is 4. The number of alkyl halides is 2. The van der Waals surface area contributed by atoms with Gasteiger partial charge in [-0.15, -0.1) is 10.2 Å². The van der Waals surface area contributed by atoms with Gasteiger partial charge in [0.1, 0.15) is 0 Å². The second-order valence-electron chi connectivity index (χ2n) is 6.03. The van der Waals surface area contributed by atoms with Crippen LogP contribution in [-0.4, -0.2) is 41.4 Å². The van der Waals surface area contributed by atoms with Crippen molar-refractivity contribution < 1.29 is 30.4 Å². The Morgan fingerprint density at radius 1 is 1.10 bits per heavy atom. The average Bonchev–Trinajstić information content (AvgIpc) is 3.18. The van der Waals surface area contributed by atoms with Gasteiger partial charge in [0.2, 0.25) is 16.0 Å². The van der Waals surface area contributed by atoms with Crippen LogP contribution < -0.4 is 10.0 Å². The molecule has 0 saturated carbocycles. The molecule has 1 atom stereocenters. The minimum atomic E-state index is -3.57. The Balaban J connectivity index is 0.00000341. The first kappa shape index (κ1) is 24.1. The van der Waals surface area contributed by atoms with Crippen molar-refractivity contribution in [2.45, 2.75) is 19.9 Å². The zero-order valence-corrected chi connectivity index (χ0v) is 16.0. The second-order valence-corrected chi connectivity index (χ2v) is 7.87. The highest BCUT2D eigenvalue weighted by Gasteiger charge is 2.19. The maximum absolute atomic E-state index is 13.6. The van der Waals surface area contributed by atoms with E-state index in [0.29, 0.717) is 0 Å². The molecule has 0 aliphatic heterocycles. The van der Waals surface area contributed by atoms with Crippen LogP contribution in [-0.2, 0) is 10.0 Å². The van der Waals surface area contributed by atoms with Gasteiger partial charge in [-0.05, 0) is 17.7 Å². The van der Waals surface area contributed by atoms with Crippen molar-refractivity contribution in [1.29, 1.82) is 0 Å². The lowest BCUT2D eigenvalue weighted by atomic mass is 10.1. The predicted molar refractivity (Wildman–Crippen MR) is 103 cm³/mol. The van der Waals surface area contributed by atoms with Gasteiger partial charge in [0.15, 0.2) is 11.6 Å². The number of nitrogens with zero attached hydrogens (tertiary/aromatic N) is 4. The zero-order valence-electron chi connectivity index (χ0n) is 15.2. The minimum absolute atomic E-state index is 0. The molecule has 0 spiro atoms. The van der Waals surface area contributed by atoms with E-state index < -0.39 is 40.0 Å². The van der Waals surface area contributed by atoms with Gasteiger partial charge in [-0.1, -0.05) is 13.5 Å². The fourth-order valence-corrected chi connectivity index (χ4v) is 2.79. The molecule has 2 heterocycles. The number of anilines is 1. The summed E-state index contributed by atoms with van der Waals surface area (Å²) >= 11 is 0. The lowest BCUT2D eigenvalue weighted by Crippen LogP contribution is -2.31. The van der Waals surface area contributed by atoms with Crippen LogP contribution in [0.3, 0.4) is 0 Å². The molecule has 3 aromatic rings. The van der Waals surface area contributed by atoms with Gasteiger partial charge in [0.05, 0.1) is 17.9 Å². The number of hydrogen-bond donors (Lipinski definition) is 2. The molecule has 0 saturated heterocycles. The molecule has 2 aromatic heterocycles. The van der Waals surface area contributed by atoms with E-state index in [-0.39, 0.29) is 36.9 Å². The molecule has 14 heteroatoms. The Bertz CT molecular complexity index is 1130. The van der Waals surface area contributed by atoms with Crippen LogP contribution in [0.25, 0.3) is 11.5 Å².